The molecule has 2 nitrogen and oxygen atoms in total. The van der Waals surface area contributed by atoms with Crippen LogP contribution in [0.25, 0.3) is 0 Å². The Bertz CT molecular complexity index is 485. The van der Waals surface area contributed by atoms with Crippen molar-refractivity contribution in [1.29, 1.82) is 0 Å². The summed E-state index contributed by atoms with van der Waals surface area (Å²) in [6.45, 7) is 2.54. The summed E-state index contributed by atoms with van der Waals surface area (Å²) in [4.78, 5) is 4.06. The van der Waals surface area contributed by atoms with Crippen LogP contribution in [0, 0.1) is 6.92 Å². The van der Waals surface area contributed by atoms with Gasteiger partial charge in [0, 0.05) is 23.5 Å². The summed E-state index contributed by atoms with van der Waals surface area (Å²) in [7, 11) is 0. The molecule has 0 bridgehead atoms. The van der Waals surface area contributed by atoms with Crippen LogP contribution < -0.4 is 4.74 Å². The number of pyridine rings is 1. The molecule has 0 aliphatic heterocycles. The molecular weight excluding hydrogens is 234 g/mol. The van der Waals surface area contributed by atoms with Gasteiger partial charge in [0.1, 0.15) is 12.4 Å². The van der Waals surface area contributed by atoms with Crippen LogP contribution in [-0.2, 0) is 12.5 Å². The van der Waals surface area contributed by atoms with Crippen molar-refractivity contribution in [2.24, 2.45) is 0 Å². The highest BCUT2D eigenvalue weighted by Gasteiger charge is 2.06. The molecule has 2 aromatic rings. The molecule has 2 rings (SSSR count). The molecule has 0 aliphatic carbocycles. The summed E-state index contributed by atoms with van der Waals surface area (Å²) in [5.74, 6) is 1.34. The number of benzene rings is 1. The lowest BCUT2D eigenvalue weighted by Gasteiger charge is -2.12. The van der Waals surface area contributed by atoms with E-state index in [1.807, 2.05) is 37.3 Å². The topological polar surface area (TPSA) is 22.1 Å². The zero-order valence-electron chi connectivity index (χ0n) is 9.69. The molecule has 0 saturated carbocycles. The highest BCUT2D eigenvalue weighted by atomic mass is 35.5. The van der Waals surface area contributed by atoms with Crippen LogP contribution in [0.1, 0.15) is 16.7 Å². The third-order valence-corrected chi connectivity index (χ3v) is 2.83. The molecule has 0 amide bonds. The maximum absolute atomic E-state index is 5.89. The second kappa shape index (κ2) is 5.69. The minimum atomic E-state index is 0.462. The van der Waals surface area contributed by atoms with E-state index in [0.717, 1.165) is 22.4 Å². The fourth-order valence-electron chi connectivity index (χ4n) is 1.66. The molecular formula is C14H14ClNO. The second-order valence-electron chi connectivity index (χ2n) is 3.85. The third-order valence-electron chi connectivity index (χ3n) is 2.54. The van der Waals surface area contributed by atoms with Crippen LogP contribution in [0.5, 0.6) is 5.75 Å². The summed E-state index contributed by atoms with van der Waals surface area (Å²) in [6, 6.07) is 9.89. The molecule has 17 heavy (non-hydrogen) atoms. The summed E-state index contributed by atoms with van der Waals surface area (Å²) in [6.07, 6.45) is 3.56. The fourth-order valence-corrected chi connectivity index (χ4v) is 1.87. The van der Waals surface area contributed by atoms with Crippen molar-refractivity contribution in [2.75, 3.05) is 0 Å². The Balaban J connectivity index is 2.14. The van der Waals surface area contributed by atoms with Crippen molar-refractivity contribution in [2.45, 2.75) is 19.4 Å². The van der Waals surface area contributed by atoms with Crippen LogP contribution in [0.4, 0.5) is 0 Å². The van der Waals surface area contributed by atoms with Gasteiger partial charge in [-0.05, 0) is 18.6 Å². The molecule has 1 aromatic heterocycles. The zero-order chi connectivity index (χ0) is 12.1. The van der Waals surface area contributed by atoms with Crippen molar-refractivity contribution in [3.63, 3.8) is 0 Å². The van der Waals surface area contributed by atoms with E-state index in [-0.39, 0.29) is 0 Å². The fraction of sp³-hybridized carbons (Fsp3) is 0.214. The molecule has 1 heterocycles. The SMILES string of the molecule is Cc1cccc(CCl)c1OCc1cccnc1. The summed E-state index contributed by atoms with van der Waals surface area (Å²) < 4.78 is 5.82. The summed E-state index contributed by atoms with van der Waals surface area (Å²) in [5, 5.41) is 0. The normalized spacial score (nSPS) is 10.2. The first kappa shape index (κ1) is 11.9. The van der Waals surface area contributed by atoms with Gasteiger partial charge in [-0.1, -0.05) is 24.3 Å². The minimum Gasteiger partial charge on any atom is -0.488 e. The molecule has 1 aromatic carbocycles. The van der Waals surface area contributed by atoms with E-state index in [9.17, 15) is 0 Å². The van der Waals surface area contributed by atoms with Crippen molar-refractivity contribution in [1.82, 2.24) is 4.98 Å². The van der Waals surface area contributed by atoms with Gasteiger partial charge < -0.3 is 4.74 Å². The van der Waals surface area contributed by atoms with Gasteiger partial charge in [0.2, 0.25) is 0 Å². The van der Waals surface area contributed by atoms with Gasteiger partial charge in [-0.3, -0.25) is 4.98 Å². The molecule has 0 atom stereocenters. The number of alkyl halides is 1. The molecule has 0 saturated heterocycles. The number of aromatic nitrogens is 1. The van der Waals surface area contributed by atoms with E-state index < -0.39 is 0 Å². The number of halogens is 1. The second-order valence-corrected chi connectivity index (χ2v) is 4.11. The molecule has 0 radical (unpaired) electrons. The lowest BCUT2D eigenvalue weighted by molar-refractivity contribution is 0.301. The highest BCUT2D eigenvalue weighted by molar-refractivity contribution is 6.17. The first-order valence-corrected chi connectivity index (χ1v) is 6.01. The Hall–Kier alpha value is -1.54. The standard InChI is InChI=1S/C14H14ClNO/c1-11-4-2-6-13(8-15)14(11)17-10-12-5-3-7-16-9-12/h2-7,9H,8,10H2,1H3. The average molecular weight is 248 g/mol. The van der Waals surface area contributed by atoms with E-state index in [2.05, 4.69) is 4.98 Å². The van der Waals surface area contributed by atoms with E-state index in [1.54, 1.807) is 12.4 Å². The monoisotopic (exact) mass is 247 g/mol. The van der Waals surface area contributed by atoms with E-state index in [1.165, 1.54) is 0 Å². The smallest absolute Gasteiger partial charge is 0.127 e. The molecule has 0 N–H and O–H groups in total. The van der Waals surface area contributed by atoms with E-state index in [0.29, 0.717) is 12.5 Å². The van der Waals surface area contributed by atoms with E-state index >= 15 is 0 Å². The third kappa shape index (κ3) is 2.98. The van der Waals surface area contributed by atoms with Crippen molar-refractivity contribution in [3.8, 4) is 5.75 Å². The summed E-state index contributed by atoms with van der Waals surface area (Å²) in [5.41, 5.74) is 3.18. The van der Waals surface area contributed by atoms with Gasteiger partial charge in [0.25, 0.3) is 0 Å². The summed E-state index contributed by atoms with van der Waals surface area (Å²) >= 11 is 5.89. The molecule has 88 valence electrons. The number of para-hydroxylation sites is 1. The maximum Gasteiger partial charge on any atom is 0.127 e. The Morgan fingerprint density at radius 1 is 1.24 bits per heavy atom. The predicted molar refractivity (Wildman–Crippen MR) is 69.3 cm³/mol. The molecule has 0 fully saturated rings. The van der Waals surface area contributed by atoms with Gasteiger partial charge in [-0.25, -0.2) is 0 Å². The Morgan fingerprint density at radius 3 is 2.82 bits per heavy atom. The number of ether oxygens (including phenoxy) is 1. The number of rotatable bonds is 4. The number of hydrogen-bond acceptors (Lipinski definition) is 2. The molecule has 0 unspecified atom stereocenters. The average Bonchev–Trinajstić information content (AvgIpc) is 2.38. The van der Waals surface area contributed by atoms with Crippen LogP contribution in [-0.4, -0.2) is 4.98 Å². The quantitative estimate of drug-likeness (QED) is 0.769. The molecule has 0 spiro atoms. The van der Waals surface area contributed by atoms with E-state index in [4.69, 9.17) is 16.3 Å². The predicted octanol–water partition coefficient (Wildman–Crippen LogP) is 3.71. The van der Waals surface area contributed by atoms with Gasteiger partial charge in [0.05, 0.1) is 5.88 Å². The van der Waals surface area contributed by atoms with Crippen molar-refractivity contribution >= 4 is 11.6 Å². The van der Waals surface area contributed by atoms with Gasteiger partial charge in [-0.15, -0.1) is 11.6 Å². The number of hydrogen-bond donors (Lipinski definition) is 0. The van der Waals surface area contributed by atoms with Gasteiger partial charge in [0.15, 0.2) is 0 Å². The number of aryl methyl sites for hydroxylation is 1. The van der Waals surface area contributed by atoms with Gasteiger partial charge in [-0.2, -0.15) is 0 Å². The Labute approximate surface area is 106 Å². The molecule has 0 aliphatic rings. The van der Waals surface area contributed by atoms with Crippen molar-refractivity contribution < 1.29 is 4.74 Å². The van der Waals surface area contributed by atoms with Crippen LogP contribution in [0.2, 0.25) is 0 Å². The van der Waals surface area contributed by atoms with Crippen LogP contribution >= 0.6 is 11.6 Å². The largest absolute Gasteiger partial charge is 0.488 e. The Morgan fingerprint density at radius 2 is 2.12 bits per heavy atom. The lowest BCUT2D eigenvalue weighted by atomic mass is 10.1. The van der Waals surface area contributed by atoms with Crippen LogP contribution in [0.3, 0.4) is 0 Å². The first-order chi connectivity index (χ1) is 8.31. The Kier molecular flexibility index (Phi) is 3.99. The highest BCUT2D eigenvalue weighted by Crippen LogP contribution is 2.25. The first-order valence-electron chi connectivity index (χ1n) is 5.47. The lowest BCUT2D eigenvalue weighted by Crippen LogP contribution is -2.00. The number of nitrogens with zero attached hydrogens (tertiary/aromatic N) is 1. The van der Waals surface area contributed by atoms with Gasteiger partial charge >= 0.3 is 0 Å². The molecule has 3 heteroatoms. The maximum atomic E-state index is 5.89. The zero-order valence-corrected chi connectivity index (χ0v) is 10.4. The van der Waals surface area contributed by atoms with Crippen LogP contribution in [0.15, 0.2) is 42.7 Å². The van der Waals surface area contributed by atoms with Crippen molar-refractivity contribution in [3.05, 3.63) is 59.4 Å². The minimum absolute atomic E-state index is 0.462.